The second-order valence-corrected chi connectivity index (χ2v) is 4.82. The Balaban J connectivity index is 1.68. The summed E-state index contributed by atoms with van der Waals surface area (Å²) >= 11 is 0. The minimum atomic E-state index is -0.443. The lowest BCUT2D eigenvalue weighted by Crippen LogP contribution is -2.07. The van der Waals surface area contributed by atoms with E-state index >= 15 is 0 Å². The first-order valence-electron chi connectivity index (χ1n) is 6.73. The summed E-state index contributed by atoms with van der Waals surface area (Å²) < 4.78 is 26.2. The number of H-pyrrole nitrogens is 1. The fourth-order valence-electron chi connectivity index (χ4n) is 2.23. The number of halogens is 2. The Morgan fingerprint density at radius 3 is 2.73 bits per heavy atom. The Morgan fingerprint density at radius 2 is 1.91 bits per heavy atom. The minimum Gasteiger partial charge on any atom is -0.384 e. The predicted molar refractivity (Wildman–Crippen MR) is 79.4 cm³/mol. The van der Waals surface area contributed by atoms with E-state index in [1.165, 1.54) is 30.3 Å². The van der Waals surface area contributed by atoms with E-state index < -0.39 is 5.82 Å². The topological polar surface area (TPSA) is 64.5 Å². The van der Waals surface area contributed by atoms with Gasteiger partial charge in [0.25, 0.3) is 0 Å². The van der Waals surface area contributed by atoms with Gasteiger partial charge in [-0.1, -0.05) is 0 Å². The van der Waals surface area contributed by atoms with Crippen LogP contribution in [-0.4, -0.2) is 16.5 Å². The van der Waals surface area contributed by atoms with E-state index in [1.807, 2.05) is 6.07 Å². The number of aromatic nitrogens is 2. The van der Waals surface area contributed by atoms with Crippen LogP contribution in [0.15, 0.2) is 36.4 Å². The van der Waals surface area contributed by atoms with Gasteiger partial charge in [-0.15, -0.1) is 0 Å². The molecule has 0 aliphatic rings. The fourth-order valence-corrected chi connectivity index (χ4v) is 2.23. The van der Waals surface area contributed by atoms with Gasteiger partial charge in [-0.25, -0.2) is 13.8 Å². The van der Waals surface area contributed by atoms with Crippen LogP contribution in [0.2, 0.25) is 0 Å². The van der Waals surface area contributed by atoms with Gasteiger partial charge in [-0.2, -0.15) is 5.26 Å². The number of hydrogen-bond donors (Lipinski definition) is 2. The SMILES string of the molecule is N#Cc1cc(F)ccc1NCCc1nc2ccc(F)cc2[nH]1. The van der Waals surface area contributed by atoms with Gasteiger partial charge < -0.3 is 10.3 Å². The fraction of sp³-hybridized carbons (Fsp3) is 0.125. The maximum atomic E-state index is 13.1. The average Bonchev–Trinajstić information content (AvgIpc) is 2.90. The molecule has 0 unspecified atom stereocenters. The van der Waals surface area contributed by atoms with E-state index in [2.05, 4.69) is 15.3 Å². The van der Waals surface area contributed by atoms with Crippen molar-refractivity contribution in [2.75, 3.05) is 11.9 Å². The van der Waals surface area contributed by atoms with E-state index in [1.54, 1.807) is 6.07 Å². The van der Waals surface area contributed by atoms with Crippen molar-refractivity contribution in [3.05, 3.63) is 59.4 Å². The summed E-state index contributed by atoms with van der Waals surface area (Å²) in [4.78, 5) is 7.40. The molecule has 0 radical (unpaired) electrons. The van der Waals surface area contributed by atoms with E-state index in [0.717, 1.165) is 0 Å². The van der Waals surface area contributed by atoms with Crippen LogP contribution in [0.1, 0.15) is 11.4 Å². The zero-order valence-electron chi connectivity index (χ0n) is 11.5. The normalized spacial score (nSPS) is 10.6. The van der Waals surface area contributed by atoms with Gasteiger partial charge in [0.1, 0.15) is 23.5 Å². The summed E-state index contributed by atoms with van der Waals surface area (Å²) in [5, 5.41) is 12.0. The van der Waals surface area contributed by atoms with Crippen LogP contribution in [0.5, 0.6) is 0 Å². The first-order valence-corrected chi connectivity index (χ1v) is 6.73. The number of rotatable bonds is 4. The van der Waals surface area contributed by atoms with Gasteiger partial charge in [-0.3, -0.25) is 0 Å². The van der Waals surface area contributed by atoms with Crippen molar-refractivity contribution in [3.63, 3.8) is 0 Å². The van der Waals surface area contributed by atoms with Gasteiger partial charge in [0.15, 0.2) is 0 Å². The molecule has 2 N–H and O–H groups in total. The van der Waals surface area contributed by atoms with Crippen LogP contribution in [0.4, 0.5) is 14.5 Å². The van der Waals surface area contributed by atoms with E-state index in [-0.39, 0.29) is 11.4 Å². The second kappa shape index (κ2) is 5.82. The highest BCUT2D eigenvalue weighted by Crippen LogP contribution is 2.16. The predicted octanol–water partition coefficient (Wildman–Crippen LogP) is 3.37. The third-order valence-corrected chi connectivity index (χ3v) is 3.27. The number of nitrogens with one attached hydrogen (secondary N) is 2. The van der Waals surface area contributed by atoms with Crippen LogP contribution < -0.4 is 5.32 Å². The number of imidazole rings is 1. The Bertz CT molecular complexity index is 864. The molecule has 0 saturated carbocycles. The molecule has 0 amide bonds. The Kier molecular flexibility index (Phi) is 3.71. The highest BCUT2D eigenvalue weighted by Gasteiger charge is 2.06. The van der Waals surface area contributed by atoms with E-state index in [0.29, 0.717) is 35.5 Å². The van der Waals surface area contributed by atoms with Crippen LogP contribution in [-0.2, 0) is 6.42 Å². The maximum absolute atomic E-state index is 13.1. The summed E-state index contributed by atoms with van der Waals surface area (Å²) in [6.07, 6.45) is 0.568. The Morgan fingerprint density at radius 1 is 1.14 bits per heavy atom. The molecular weight excluding hydrogens is 286 g/mol. The molecule has 0 aliphatic carbocycles. The van der Waals surface area contributed by atoms with Crippen LogP contribution in [0.25, 0.3) is 11.0 Å². The zero-order valence-corrected chi connectivity index (χ0v) is 11.5. The average molecular weight is 298 g/mol. The molecule has 4 nitrogen and oxygen atoms in total. The standard InChI is InChI=1S/C16H12F2N4/c17-11-1-3-13(10(7-11)9-19)20-6-5-16-21-14-4-2-12(18)8-15(14)22-16/h1-4,7-8,20H,5-6H2,(H,21,22). The molecule has 0 aliphatic heterocycles. The molecule has 0 bridgehead atoms. The maximum Gasteiger partial charge on any atom is 0.125 e. The van der Waals surface area contributed by atoms with E-state index in [9.17, 15) is 8.78 Å². The number of aromatic amines is 1. The Labute approximate surface area is 125 Å². The summed E-state index contributed by atoms with van der Waals surface area (Å²) in [7, 11) is 0. The summed E-state index contributed by atoms with van der Waals surface area (Å²) in [6, 6.07) is 10.3. The summed E-state index contributed by atoms with van der Waals surface area (Å²) in [6.45, 7) is 0.516. The summed E-state index contributed by atoms with van der Waals surface area (Å²) in [5.74, 6) is -0.0408. The monoisotopic (exact) mass is 298 g/mol. The zero-order chi connectivity index (χ0) is 15.5. The van der Waals surface area contributed by atoms with Crippen molar-refractivity contribution in [3.8, 4) is 6.07 Å². The lowest BCUT2D eigenvalue weighted by molar-refractivity contribution is 0.627. The van der Waals surface area contributed by atoms with Gasteiger partial charge in [-0.05, 0) is 36.4 Å². The largest absolute Gasteiger partial charge is 0.384 e. The van der Waals surface area contributed by atoms with Crippen molar-refractivity contribution < 1.29 is 8.78 Å². The molecule has 2 aromatic carbocycles. The lowest BCUT2D eigenvalue weighted by atomic mass is 10.2. The molecule has 0 spiro atoms. The molecule has 3 rings (SSSR count). The molecule has 0 atom stereocenters. The number of nitrogens with zero attached hydrogens (tertiary/aromatic N) is 2. The van der Waals surface area contributed by atoms with Crippen molar-refractivity contribution in [1.82, 2.24) is 9.97 Å². The molecule has 1 aromatic heterocycles. The molecule has 3 aromatic rings. The number of hydrogen-bond acceptors (Lipinski definition) is 3. The van der Waals surface area contributed by atoms with Crippen LogP contribution in [0, 0.1) is 23.0 Å². The van der Waals surface area contributed by atoms with Crippen molar-refractivity contribution in [1.29, 1.82) is 5.26 Å². The second-order valence-electron chi connectivity index (χ2n) is 4.82. The molecule has 1 heterocycles. The highest BCUT2D eigenvalue weighted by molar-refractivity contribution is 5.74. The molecular formula is C16H12F2N4. The smallest absolute Gasteiger partial charge is 0.125 e. The van der Waals surface area contributed by atoms with E-state index in [4.69, 9.17) is 5.26 Å². The Hall–Kier alpha value is -2.94. The molecule has 0 saturated heterocycles. The quantitative estimate of drug-likeness (QED) is 0.776. The van der Waals surface area contributed by atoms with Gasteiger partial charge in [0, 0.05) is 13.0 Å². The molecule has 0 fully saturated rings. The van der Waals surface area contributed by atoms with Crippen LogP contribution >= 0.6 is 0 Å². The lowest BCUT2D eigenvalue weighted by Gasteiger charge is -2.07. The first kappa shape index (κ1) is 14.0. The molecule has 22 heavy (non-hydrogen) atoms. The third kappa shape index (κ3) is 2.88. The number of nitriles is 1. The van der Waals surface area contributed by atoms with Crippen molar-refractivity contribution >= 4 is 16.7 Å². The van der Waals surface area contributed by atoms with Gasteiger partial charge in [0.2, 0.25) is 0 Å². The van der Waals surface area contributed by atoms with Crippen LogP contribution in [0.3, 0.4) is 0 Å². The highest BCUT2D eigenvalue weighted by atomic mass is 19.1. The third-order valence-electron chi connectivity index (χ3n) is 3.27. The number of anilines is 1. The van der Waals surface area contributed by atoms with Crippen molar-refractivity contribution in [2.24, 2.45) is 0 Å². The number of benzene rings is 2. The summed E-state index contributed by atoms with van der Waals surface area (Å²) in [5.41, 5.74) is 2.18. The van der Waals surface area contributed by atoms with Gasteiger partial charge in [0.05, 0.1) is 22.3 Å². The molecule has 6 heteroatoms. The first-order chi connectivity index (χ1) is 10.7. The van der Waals surface area contributed by atoms with Crippen molar-refractivity contribution in [2.45, 2.75) is 6.42 Å². The number of fused-ring (bicyclic) bond motifs is 1. The molecule has 110 valence electrons. The minimum absolute atomic E-state index is 0.256. The van der Waals surface area contributed by atoms with Gasteiger partial charge >= 0.3 is 0 Å².